The van der Waals surface area contributed by atoms with Crippen LogP contribution < -0.4 is 10.6 Å². The Morgan fingerprint density at radius 2 is 1.83 bits per heavy atom. The van der Waals surface area contributed by atoms with Crippen LogP contribution in [0.15, 0.2) is 30.3 Å². The molecule has 2 aliphatic rings. The minimum atomic E-state index is -5.00. The Bertz CT molecular complexity index is 1210. The maximum atomic E-state index is 14.3. The molecule has 0 spiro atoms. The molecular formula is C25H26Cl2F3N3O3. The molecule has 0 bridgehead atoms. The molecule has 2 amide bonds. The Kier molecular flexibility index (Phi) is 7.07. The number of amides is 2. The van der Waals surface area contributed by atoms with E-state index in [2.05, 4.69) is 4.90 Å². The van der Waals surface area contributed by atoms with Gasteiger partial charge in [0.05, 0.1) is 11.3 Å². The third-order valence-electron chi connectivity index (χ3n) is 7.16. The number of nitrogens with two attached hydrogens (primary N) is 1. The van der Waals surface area contributed by atoms with Gasteiger partial charge in [-0.3, -0.25) is 9.59 Å². The molecule has 1 aliphatic heterocycles. The molecule has 11 heteroatoms. The molecule has 4 rings (SSSR count). The first kappa shape index (κ1) is 26.7. The highest BCUT2D eigenvalue weighted by molar-refractivity contribution is 6.35. The summed E-state index contributed by atoms with van der Waals surface area (Å²) < 4.78 is 42.9. The zero-order valence-corrected chi connectivity index (χ0v) is 21.2. The molecule has 2 aromatic carbocycles. The van der Waals surface area contributed by atoms with Gasteiger partial charge in [-0.25, -0.2) is 0 Å². The van der Waals surface area contributed by atoms with Gasteiger partial charge < -0.3 is 20.6 Å². The second kappa shape index (κ2) is 9.52. The highest BCUT2D eigenvalue weighted by Gasteiger charge is 2.59. The van der Waals surface area contributed by atoms with E-state index in [1.54, 1.807) is 0 Å². The summed E-state index contributed by atoms with van der Waals surface area (Å²) in [6.45, 7) is 6.59. The summed E-state index contributed by atoms with van der Waals surface area (Å²) in [6, 6.07) is 5.08. The number of anilines is 1. The maximum absolute atomic E-state index is 14.3. The molecule has 1 saturated carbocycles. The summed E-state index contributed by atoms with van der Waals surface area (Å²) in [7, 11) is 0. The fraction of sp³-hybridized carbons (Fsp3) is 0.440. The Morgan fingerprint density at radius 3 is 2.36 bits per heavy atom. The fourth-order valence-electron chi connectivity index (χ4n) is 5.26. The van der Waals surface area contributed by atoms with Crippen molar-refractivity contribution in [3.05, 3.63) is 62.6 Å². The minimum absolute atomic E-state index is 0.161. The summed E-state index contributed by atoms with van der Waals surface area (Å²) in [6.07, 6.45) is -3.92. The van der Waals surface area contributed by atoms with Crippen LogP contribution in [0.2, 0.25) is 10.0 Å². The number of aliphatic hydroxyl groups is 1. The van der Waals surface area contributed by atoms with Crippen molar-refractivity contribution in [3.63, 3.8) is 0 Å². The van der Waals surface area contributed by atoms with E-state index in [0.29, 0.717) is 18.9 Å². The number of nitrogens with zero attached hydrogens (tertiary/aromatic N) is 2. The van der Waals surface area contributed by atoms with Crippen LogP contribution in [0.5, 0.6) is 0 Å². The highest BCUT2D eigenvalue weighted by Crippen LogP contribution is 2.54. The molecule has 1 heterocycles. The number of primary amides is 1. The number of carbonyl (C=O) groups excluding carboxylic acids is 2. The van der Waals surface area contributed by atoms with Crippen molar-refractivity contribution >= 4 is 40.7 Å². The van der Waals surface area contributed by atoms with Crippen molar-refractivity contribution < 1.29 is 27.9 Å². The average molecular weight is 544 g/mol. The molecule has 0 radical (unpaired) electrons. The van der Waals surface area contributed by atoms with Gasteiger partial charge in [0, 0.05) is 39.3 Å². The highest BCUT2D eigenvalue weighted by atomic mass is 35.5. The van der Waals surface area contributed by atoms with Gasteiger partial charge in [-0.1, -0.05) is 43.1 Å². The largest absolute Gasteiger partial charge is 0.416 e. The van der Waals surface area contributed by atoms with Gasteiger partial charge in [-0.2, -0.15) is 13.2 Å². The lowest BCUT2D eigenvalue weighted by Crippen LogP contribution is -2.52. The normalized spacial score (nSPS) is 23.7. The number of fused-ring (bicyclic) bond motifs is 1. The van der Waals surface area contributed by atoms with Crippen LogP contribution in [0.3, 0.4) is 0 Å². The van der Waals surface area contributed by atoms with Crippen molar-refractivity contribution in [2.75, 3.05) is 24.5 Å². The molecule has 0 aromatic heterocycles. The third-order valence-corrected chi connectivity index (χ3v) is 7.71. The topological polar surface area (TPSA) is 86.9 Å². The zero-order chi connectivity index (χ0) is 26.6. The molecule has 1 fully saturated rings. The van der Waals surface area contributed by atoms with Crippen LogP contribution in [0, 0.1) is 5.92 Å². The van der Waals surface area contributed by atoms with Crippen molar-refractivity contribution in [1.29, 1.82) is 0 Å². The molecule has 0 saturated heterocycles. The lowest BCUT2D eigenvalue weighted by Gasteiger charge is -2.43. The van der Waals surface area contributed by atoms with Crippen LogP contribution in [0.4, 0.5) is 18.9 Å². The summed E-state index contributed by atoms with van der Waals surface area (Å²) in [4.78, 5) is 29.2. The number of alkyl halides is 3. The van der Waals surface area contributed by atoms with Gasteiger partial charge in [0.25, 0.3) is 5.91 Å². The molecule has 194 valence electrons. The Balaban J connectivity index is 1.88. The Labute approximate surface area is 216 Å². The van der Waals surface area contributed by atoms with E-state index in [-0.39, 0.29) is 27.2 Å². The molecule has 2 aromatic rings. The molecule has 6 nitrogen and oxygen atoms in total. The second-order valence-electron chi connectivity index (χ2n) is 9.27. The lowest BCUT2D eigenvalue weighted by atomic mass is 9.78. The fourth-order valence-corrected chi connectivity index (χ4v) is 5.80. The van der Waals surface area contributed by atoms with E-state index in [0.717, 1.165) is 25.7 Å². The van der Waals surface area contributed by atoms with Gasteiger partial charge in [-0.05, 0) is 56.1 Å². The Morgan fingerprint density at radius 1 is 1.19 bits per heavy atom. The van der Waals surface area contributed by atoms with Gasteiger partial charge in [-0.15, -0.1) is 0 Å². The molecular weight excluding hydrogens is 518 g/mol. The van der Waals surface area contributed by atoms with E-state index < -0.39 is 46.3 Å². The van der Waals surface area contributed by atoms with Crippen molar-refractivity contribution in [2.24, 2.45) is 11.7 Å². The van der Waals surface area contributed by atoms with Crippen LogP contribution >= 0.6 is 23.2 Å². The zero-order valence-electron chi connectivity index (χ0n) is 19.7. The summed E-state index contributed by atoms with van der Waals surface area (Å²) in [5.74, 6) is -1.80. The quantitative estimate of drug-likeness (QED) is 0.524. The molecule has 1 atom stereocenters. The van der Waals surface area contributed by atoms with Gasteiger partial charge in [0.2, 0.25) is 5.91 Å². The number of halogens is 5. The van der Waals surface area contributed by atoms with Crippen molar-refractivity contribution in [2.45, 2.75) is 44.5 Å². The standard InChI is InChI=1S/C25H26Cl2F3N3O3/c1-3-32(4-2)12-13-7-16(8-13)33-20-10-14(22(31)34)9-18(25(28,29)30)21(20)24(36,23(33)35)17-6-5-15(26)11-19(17)27/h5-6,9-11,13,16,36H,3-4,7-8,12H2,1-2H3,(H2,31,34). The molecule has 3 N–H and O–H groups in total. The number of hydrogen-bond donors (Lipinski definition) is 2. The second-order valence-corrected chi connectivity index (χ2v) is 10.1. The summed E-state index contributed by atoms with van der Waals surface area (Å²) >= 11 is 12.3. The predicted octanol–water partition coefficient (Wildman–Crippen LogP) is 4.81. The smallest absolute Gasteiger partial charge is 0.372 e. The summed E-state index contributed by atoms with van der Waals surface area (Å²) in [5.41, 5.74) is -0.213. The predicted molar refractivity (Wildman–Crippen MR) is 131 cm³/mol. The first-order chi connectivity index (χ1) is 16.8. The molecule has 1 unspecified atom stereocenters. The number of hydrogen-bond acceptors (Lipinski definition) is 4. The van der Waals surface area contributed by atoms with Crippen LogP contribution in [0.1, 0.15) is 53.7 Å². The number of carbonyl (C=O) groups is 2. The van der Waals surface area contributed by atoms with Crippen LogP contribution in [0.25, 0.3) is 0 Å². The van der Waals surface area contributed by atoms with Gasteiger partial charge >= 0.3 is 6.18 Å². The minimum Gasteiger partial charge on any atom is -0.372 e. The van der Waals surface area contributed by atoms with Crippen LogP contribution in [-0.4, -0.2) is 47.5 Å². The van der Waals surface area contributed by atoms with Crippen molar-refractivity contribution in [3.8, 4) is 0 Å². The lowest BCUT2D eigenvalue weighted by molar-refractivity contribution is -0.142. The SMILES string of the molecule is CCN(CC)CC1CC(N2C(=O)C(O)(c3ccc(Cl)cc3Cl)c3c2cc(C(N)=O)cc3C(F)(F)F)C1. The summed E-state index contributed by atoms with van der Waals surface area (Å²) in [5, 5.41) is 11.8. The van der Waals surface area contributed by atoms with E-state index >= 15 is 0 Å². The first-order valence-electron chi connectivity index (χ1n) is 11.6. The Hall–Kier alpha value is -2.33. The number of benzene rings is 2. The van der Waals surface area contributed by atoms with E-state index in [9.17, 15) is 27.9 Å². The number of rotatable bonds is 7. The first-order valence-corrected chi connectivity index (χ1v) is 12.4. The monoisotopic (exact) mass is 543 g/mol. The molecule has 1 aliphatic carbocycles. The van der Waals surface area contributed by atoms with E-state index in [1.807, 2.05) is 13.8 Å². The van der Waals surface area contributed by atoms with Gasteiger partial charge in [0.15, 0.2) is 5.60 Å². The average Bonchev–Trinajstić information content (AvgIpc) is 2.99. The van der Waals surface area contributed by atoms with Gasteiger partial charge in [0.1, 0.15) is 0 Å². The van der Waals surface area contributed by atoms with Crippen molar-refractivity contribution in [1.82, 2.24) is 4.90 Å². The van der Waals surface area contributed by atoms with E-state index in [1.165, 1.54) is 23.1 Å². The molecule has 36 heavy (non-hydrogen) atoms. The third kappa shape index (κ3) is 4.36. The maximum Gasteiger partial charge on any atom is 0.416 e. The van der Waals surface area contributed by atoms with Crippen LogP contribution in [-0.2, 0) is 16.6 Å². The van der Waals surface area contributed by atoms with E-state index in [4.69, 9.17) is 28.9 Å².